The van der Waals surface area contributed by atoms with E-state index in [1.54, 1.807) is 0 Å². The Morgan fingerprint density at radius 1 is 0.432 bits per heavy atom. The van der Waals surface area contributed by atoms with Gasteiger partial charge in [0.05, 0.1) is 27.7 Å². The van der Waals surface area contributed by atoms with Crippen LogP contribution in [0.5, 0.6) is 0 Å². The summed E-state index contributed by atoms with van der Waals surface area (Å²) in [6, 6.07) is 0. The zero-order valence-corrected chi connectivity index (χ0v) is 48.9. The normalized spacial score (nSPS) is 14.1. The molecule has 0 radical (unpaired) electrons. The Labute approximate surface area is 455 Å². The highest BCUT2D eigenvalue weighted by Gasteiger charge is 2.27. The molecule has 424 valence electrons. The lowest BCUT2D eigenvalue weighted by Crippen LogP contribution is -2.37. The van der Waals surface area contributed by atoms with E-state index in [0.29, 0.717) is 23.9 Å². The van der Waals surface area contributed by atoms with E-state index in [4.69, 9.17) is 18.5 Å². The van der Waals surface area contributed by atoms with Gasteiger partial charge in [-0.15, -0.1) is 0 Å². The molecule has 10 heteroatoms. The lowest BCUT2D eigenvalue weighted by molar-refractivity contribution is -0.870. The molecular weight excluding hydrogens is 942 g/mol. The van der Waals surface area contributed by atoms with Crippen LogP contribution in [0.1, 0.15) is 232 Å². The predicted molar refractivity (Wildman–Crippen MR) is 316 cm³/mol. The average Bonchev–Trinajstić information content (AvgIpc) is 3.36. The number of hydrogen-bond acceptors (Lipinski definition) is 7. The molecule has 0 aliphatic heterocycles. The molecule has 0 saturated carbocycles. The second-order valence-electron chi connectivity index (χ2n) is 20.7. The SMILES string of the molecule is CC/C=C\C/C=C\C/C=C\C/C=C\C/C=C\C/C=C\C/C=C\C/C=C\C/C=C\CCCC(=O)OC(COC(=O)CCCCCCCCCCCCCCCCCCCCCCC)COP(=O)(O)OCC[N+](C)(C)C. The highest BCUT2D eigenvalue weighted by Crippen LogP contribution is 2.43. The fraction of sp³-hybridized carbons (Fsp3) is 0.688. The molecule has 2 unspecified atom stereocenters. The molecule has 0 spiro atoms. The van der Waals surface area contributed by atoms with Gasteiger partial charge >= 0.3 is 19.8 Å². The highest BCUT2D eigenvalue weighted by molar-refractivity contribution is 7.47. The molecule has 0 bridgehead atoms. The smallest absolute Gasteiger partial charge is 0.462 e. The predicted octanol–water partition coefficient (Wildman–Crippen LogP) is 18.6. The summed E-state index contributed by atoms with van der Waals surface area (Å²) in [4.78, 5) is 35.7. The van der Waals surface area contributed by atoms with E-state index in [9.17, 15) is 19.0 Å². The second kappa shape index (κ2) is 54.5. The summed E-state index contributed by atoms with van der Waals surface area (Å²) in [7, 11) is 1.43. The topological polar surface area (TPSA) is 108 Å². The molecule has 0 aliphatic carbocycles. The average molecular weight is 1050 g/mol. The van der Waals surface area contributed by atoms with E-state index >= 15 is 0 Å². The van der Waals surface area contributed by atoms with Crippen molar-refractivity contribution in [2.45, 2.75) is 238 Å². The van der Waals surface area contributed by atoms with Gasteiger partial charge in [0, 0.05) is 12.8 Å². The van der Waals surface area contributed by atoms with Gasteiger partial charge < -0.3 is 18.9 Å². The highest BCUT2D eigenvalue weighted by atomic mass is 31.2. The summed E-state index contributed by atoms with van der Waals surface area (Å²) < 4.78 is 34.5. The van der Waals surface area contributed by atoms with Crippen LogP contribution in [0.15, 0.2) is 109 Å². The summed E-state index contributed by atoms with van der Waals surface area (Å²) >= 11 is 0. The number of carbonyl (C=O) groups is 2. The Kier molecular flexibility index (Phi) is 52.0. The van der Waals surface area contributed by atoms with E-state index in [2.05, 4.69) is 123 Å². The van der Waals surface area contributed by atoms with Crippen LogP contribution < -0.4 is 0 Å². The molecule has 0 aliphatic rings. The molecule has 0 aromatic carbocycles. The van der Waals surface area contributed by atoms with Gasteiger partial charge in [-0.25, -0.2) is 4.57 Å². The van der Waals surface area contributed by atoms with E-state index in [1.807, 2.05) is 21.1 Å². The summed E-state index contributed by atoms with van der Waals surface area (Å²) in [5, 5.41) is 0. The van der Waals surface area contributed by atoms with Crippen LogP contribution in [-0.2, 0) is 32.7 Å². The van der Waals surface area contributed by atoms with Crippen LogP contribution in [0.25, 0.3) is 0 Å². The maximum atomic E-state index is 12.8. The number of nitrogens with zero attached hydrogens (tertiary/aromatic N) is 1. The van der Waals surface area contributed by atoms with Gasteiger partial charge in [0.2, 0.25) is 0 Å². The van der Waals surface area contributed by atoms with Gasteiger partial charge in [-0.05, 0) is 77.0 Å². The van der Waals surface area contributed by atoms with Crippen molar-refractivity contribution in [3.8, 4) is 0 Å². The summed E-state index contributed by atoms with van der Waals surface area (Å²) in [6.07, 6.45) is 76.0. The molecule has 0 fully saturated rings. The quantitative estimate of drug-likeness (QED) is 0.0211. The molecule has 1 N–H and O–H groups in total. The monoisotopic (exact) mass is 1050 g/mol. The number of unbranched alkanes of at least 4 members (excludes halogenated alkanes) is 21. The lowest BCUT2D eigenvalue weighted by Gasteiger charge is -2.24. The number of phosphoric ester groups is 1. The Morgan fingerprint density at radius 3 is 1.14 bits per heavy atom. The number of likely N-dealkylation sites (N-methyl/N-ethyl adjacent to an activating group) is 1. The molecular formula is C64H111NO8P+. The Balaban J connectivity index is 4.30. The van der Waals surface area contributed by atoms with Crippen molar-refractivity contribution in [3.05, 3.63) is 109 Å². The van der Waals surface area contributed by atoms with E-state index in [-0.39, 0.29) is 32.0 Å². The van der Waals surface area contributed by atoms with E-state index < -0.39 is 26.5 Å². The number of phosphoric acid groups is 1. The van der Waals surface area contributed by atoms with Crippen molar-refractivity contribution in [3.63, 3.8) is 0 Å². The number of rotatable bonds is 53. The second-order valence-corrected chi connectivity index (χ2v) is 22.1. The van der Waals surface area contributed by atoms with E-state index in [1.165, 1.54) is 116 Å². The molecule has 74 heavy (non-hydrogen) atoms. The van der Waals surface area contributed by atoms with Gasteiger partial charge in [0.15, 0.2) is 6.10 Å². The number of ether oxygens (including phenoxy) is 2. The zero-order chi connectivity index (χ0) is 54.2. The first-order valence-corrected chi connectivity index (χ1v) is 31.1. The van der Waals surface area contributed by atoms with Crippen molar-refractivity contribution >= 4 is 19.8 Å². The fourth-order valence-electron chi connectivity index (χ4n) is 7.78. The number of hydrogen-bond donors (Lipinski definition) is 1. The van der Waals surface area contributed by atoms with Gasteiger partial charge in [0.1, 0.15) is 19.8 Å². The van der Waals surface area contributed by atoms with Crippen LogP contribution in [0.2, 0.25) is 0 Å². The Morgan fingerprint density at radius 2 is 0.770 bits per heavy atom. The minimum atomic E-state index is -4.41. The third-order valence-electron chi connectivity index (χ3n) is 12.3. The van der Waals surface area contributed by atoms with Gasteiger partial charge in [-0.2, -0.15) is 0 Å². The zero-order valence-electron chi connectivity index (χ0n) is 48.0. The maximum absolute atomic E-state index is 12.8. The molecule has 9 nitrogen and oxygen atoms in total. The molecule has 0 saturated heterocycles. The van der Waals surface area contributed by atoms with Gasteiger partial charge in [-0.1, -0.05) is 252 Å². The first-order valence-electron chi connectivity index (χ1n) is 29.6. The van der Waals surface area contributed by atoms with Gasteiger partial charge in [0.25, 0.3) is 0 Å². The lowest BCUT2D eigenvalue weighted by atomic mass is 10.0. The summed E-state index contributed by atoms with van der Waals surface area (Å²) in [5.41, 5.74) is 0. The first-order chi connectivity index (χ1) is 36.0. The van der Waals surface area contributed by atoms with Gasteiger partial charge in [-0.3, -0.25) is 18.6 Å². The number of carbonyl (C=O) groups excluding carboxylic acids is 2. The van der Waals surface area contributed by atoms with Crippen molar-refractivity contribution in [2.75, 3.05) is 47.5 Å². The van der Waals surface area contributed by atoms with Crippen molar-refractivity contribution < 1.29 is 42.1 Å². The minimum absolute atomic E-state index is 0.0162. The fourth-order valence-corrected chi connectivity index (χ4v) is 8.52. The maximum Gasteiger partial charge on any atom is 0.472 e. The molecule has 0 heterocycles. The standard InChI is InChI=1S/C64H110NO8P/c1-6-8-10-12-14-16-18-20-22-24-26-28-29-30-31-32-33-34-35-37-39-41-43-45-47-49-51-53-55-57-64(67)73-62(61-72-74(68,69)71-59-58-65(3,4)5)60-70-63(66)56-54-52-50-48-46-44-42-40-38-36-27-25-23-21-19-17-15-13-11-9-7-2/h8,10,14,16,20,22,26,28,30-31,33-34,37,39,43,45,49,51,62H,6-7,9,11-13,15,17-19,21,23-25,27,29,32,35-36,38,40-42,44,46-48,50,52-61H2,1-5H3/p+1/b10-8-,16-14-,22-20-,28-26-,31-30-,34-33-,39-37-,45-43-,51-49-. The molecule has 0 amide bonds. The van der Waals surface area contributed by atoms with E-state index in [0.717, 1.165) is 77.0 Å². The Hall–Kier alpha value is -3.33. The minimum Gasteiger partial charge on any atom is -0.462 e. The molecule has 0 rings (SSSR count). The number of quaternary nitrogens is 1. The number of esters is 2. The van der Waals surface area contributed by atoms with Crippen LogP contribution >= 0.6 is 7.82 Å². The summed E-state index contributed by atoms with van der Waals surface area (Å²) in [6.45, 7) is 4.26. The van der Waals surface area contributed by atoms with Crippen LogP contribution in [-0.4, -0.2) is 74.9 Å². The van der Waals surface area contributed by atoms with Crippen molar-refractivity contribution in [2.24, 2.45) is 0 Å². The Bertz CT molecular complexity index is 1620. The third kappa shape index (κ3) is 57.9. The molecule has 2 atom stereocenters. The third-order valence-corrected chi connectivity index (χ3v) is 13.3. The largest absolute Gasteiger partial charge is 0.472 e. The summed E-state index contributed by atoms with van der Waals surface area (Å²) in [5.74, 6) is -0.867. The van der Waals surface area contributed by atoms with Crippen LogP contribution in [0.4, 0.5) is 0 Å². The first kappa shape index (κ1) is 70.7. The van der Waals surface area contributed by atoms with Crippen LogP contribution in [0, 0.1) is 0 Å². The molecule has 0 aromatic rings. The van der Waals surface area contributed by atoms with Crippen molar-refractivity contribution in [1.29, 1.82) is 0 Å². The molecule has 0 aromatic heterocycles. The number of allylic oxidation sites excluding steroid dienone is 18. The van der Waals surface area contributed by atoms with Crippen molar-refractivity contribution in [1.82, 2.24) is 0 Å². The van der Waals surface area contributed by atoms with Crippen LogP contribution in [0.3, 0.4) is 0 Å².